The molecule has 1 aliphatic heterocycles. The number of nitrogens with zero attached hydrogens (tertiary/aromatic N) is 1. The molecule has 1 atom stereocenters. The van der Waals surface area contributed by atoms with Crippen LogP contribution in [0.1, 0.15) is 12.0 Å². The molecular formula is C12H16ClFN2. The maximum absolute atomic E-state index is 13.5. The summed E-state index contributed by atoms with van der Waals surface area (Å²) < 4.78 is 13.5. The van der Waals surface area contributed by atoms with E-state index >= 15 is 0 Å². The van der Waals surface area contributed by atoms with Gasteiger partial charge >= 0.3 is 0 Å². The Morgan fingerprint density at radius 3 is 2.94 bits per heavy atom. The topological polar surface area (TPSA) is 29.3 Å². The molecule has 1 saturated heterocycles. The van der Waals surface area contributed by atoms with Gasteiger partial charge in [0.15, 0.2) is 0 Å². The summed E-state index contributed by atoms with van der Waals surface area (Å²) in [5, 5.41) is 0.510. The lowest BCUT2D eigenvalue weighted by molar-refractivity contribution is 0.312. The van der Waals surface area contributed by atoms with Gasteiger partial charge in [-0.15, -0.1) is 0 Å². The van der Waals surface area contributed by atoms with Crippen LogP contribution in [0.3, 0.4) is 0 Å². The van der Waals surface area contributed by atoms with E-state index in [-0.39, 0.29) is 5.82 Å². The Hall–Kier alpha value is -0.640. The molecule has 16 heavy (non-hydrogen) atoms. The van der Waals surface area contributed by atoms with Gasteiger partial charge in [-0.3, -0.25) is 4.90 Å². The third-order valence-electron chi connectivity index (χ3n) is 3.15. The van der Waals surface area contributed by atoms with Gasteiger partial charge in [0.05, 0.1) is 0 Å². The van der Waals surface area contributed by atoms with Crippen molar-refractivity contribution in [3.05, 3.63) is 34.6 Å². The molecule has 88 valence electrons. The van der Waals surface area contributed by atoms with Gasteiger partial charge in [-0.05, 0) is 37.6 Å². The lowest BCUT2D eigenvalue weighted by Gasteiger charge is -2.17. The zero-order valence-corrected chi connectivity index (χ0v) is 9.88. The van der Waals surface area contributed by atoms with Crippen molar-refractivity contribution in [2.45, 2.75) is 13.0 Å². The zero-order chi connectivity index (χ0) is 11.5. The second kappa shape index (κ2) is 5.13. The van der Waals surface area contributed by atoms with E-state index in [0.29, 0.717) is 29.6 Å². The molecule has 1 unspecified atom stereocenters. The van der Waals surface area contributed by atoms with Crippen LogP contribution in [-0.4, -0.2) is 24.5 Å². The van der Waals surface area contributed by atoms with Gasteiger partial charge in [0.1, 0.15) is 5.82 Å². The Labute approximate surface area is 100 Å². The van der Waals surface area contributed by atoms with E-state index < -0.39 is 0 Å². The van der Waals surface area contributed by atoms with Crippen LogP contribution in [0.25, 0.3) is 0 Å². The predicted molar refractivity (Wildman–Crippen MR) is 63.8 cm³/mol. The Morgan fingerprint density at radius 1 is 1.50 bits per heavy atom. The Bertz CT molecular complexity index is 350. The first-order chi connectivity index (χ1) is 7.70. The maximum atomic E-state index is 13.5. The summed E-state index contributed by atoms with van der Waals surface area (Å²) in [6, 6.07) is 4.82. The second-order valence-electron chi connectivity index (χ2n) is 4.33. The summed E-state index contributed by atoms with van der Waals surface area (Å²) in [7, 11) is 0. The SMILES string of the molecule is NCC1CCN(Cc2c(F)cccc2Cl)C1. The predicted octanol–water partition coefficient (Wildman–Crippen LogP) is 2.26. The normalized spacial score (nSPS) is 21.6. The summed E-state index contributed by atoms with van der Waals surface area (Å²) in [5.74, 6) is 0.328. The van der Waals surface area contributed by atoms with Crippen molar-refractivity contribution in [2.75, 3.05) is 19.6 Å². The average molecular weight is 243 g/mol. The Morgan fingerprint density at radius 2 is 2.31 bits per heavy atom. The minimum atomic E-state index is -0.219. The summed E-state index contributed by atoms with van der Waals surface area (Å²) in [6.45, 7) is 3.22. The van der Waals surface area contributed by atoms with Crippen LogP contribution >= 0.6 is 11.6 Å². The third-order valence-corrected chi connectivity index (χ3v) is 3.50. The fourth-order valence-electron chi connectivity index (χ4n) is 2.16. The van der Waals surface area contributed by atoms with Crippen LogP contribution in [0.4, 0.5) is 4.39 Å². The number of hydrogen-bond acceptors (Lipinski definition) is 2. The van der Waals surface area contributed by atoms with Crippen LogP contribution < -0.4 is 5.73 Å². The molecule has 1 fully saturated rings. The molecule has 2 rings (SSSR count). The molecule has 1 heterocycles. The highest BCUT2D eigenvalue weighted by Gasteiger charge is 2.22. The summed E-state index contributed by atoms with van der Waals surface area (Å²) in [5.41, 5.74) is 6.22. The number of rotatable bonds is 3. The summed E-state index contributed by atoms with van der Waals surface area (Å²) >= 11 is 5.99. The van der Waals surface area contributed by atoms with Crippen molar-refractivity contribution in [1.29, 1.82) is 0 Å². The van der Waals surface area contributed by atoms with Crippen molar-refractivity contribution in [3.63, 3.8) is 0 Å². The van der Waals surface area contributed by atoms with Gasteiger partial charge in [0.2, 0.25) is 0 Å². The standard InChI is InChI=1S/C12H16ClFN2/c13-11-2-1-3-12(14)10(11)8-16-5-4-9(6-15)7-16/h1-3,9H,4-8,15H2. The second-order valence-corrected chi connectivity index (χ2v) is 4.73. The molecule has 1 aromatic carbocycles. The smallest absolute Gasteiger partial charge is 0.129 e. The molecule has 2 nitrogen and oxygen atoms in total. The van der Waals surface area contributed by atoms with Crippen molar-refractivity contribution < 1.29 is 4.39 Å². The number of halogens is 2. The molecule has 1 aliphatic rings. The van der Waals surface area contributed by atoms with Gasteiger partial charge in [0.25, 0.3) is 0 Å². The molecule has 0 spiro atoms. The van der Waals surface area contributed by atoms with Crippen LogP contribution in [-0.2, 0) is 6.54 Å². The van der Waals surface area contributed by atoms with Crippen molar-refractivity contribution >= 4 is 11.6 Å². The van der Waals surface area contributed by atoms with E-state index in [9.17, 15) is 4.39 Å². The molecule has 0 radical (unpaired) electrons. The Balaban J connectivity index is 2.04. The van der Waals surface area contributed by atoms with Gasteiger partial charge in [-0.2, -0.15) is 0 Å². The molecule has 0 amide bonds. The van der Waals surface area contributed by atoms with E-state index in [0.717, 1.165) is 19.5 Å². The fourth-order valence-corrected chi connectivity index (χ4v) is 2.38. The Kier molecular flexibility index (Phi) is 3.79. The minimum Gasteiger partial charge on any atom is -0.330 e. The van der Waals surface area contributed by atoms with Crippen LogP contribution in [0, 0.1) is 11.7 Å². The molecule has 0 aromatic heterocycles. The molecule has 2 N–H and O–H groups in total. The van der Waals surface area contributed by atoms with E-state index in [2.05, 4.69) is 4.90 Å². The summed E-state index contributed by atoms with van der Waals surface area (Å²) in [6.07, 6.45) is 1.10. The molecule has 0 saturated carbocycles. The van der Waals surface area contributed by atoms with Crippen molar-refractivity contribution in [1.82, 2.24) is 4.90 Å². The van der Waals surface area contributed by atoms with Gasteiger partial charge < -0.3 is 5.73 Å². The van der Waals surface area contributed by atoms with E-state index in [1.54, 1.807) is 12.1 Å². The highest BCUT2D eigenvalue weighted by molar-refractivity contribution is 6.31. The fraction of sp³-hybridized carbons (Fsp3) is 0.500. The molecular weight excluding hydrogens is 227 g/mol. The number of nitrogens with two attached hydrogens (primary N) is 1. The third kappa shape index (κ3) is 2.54. The van der Waals surface area contributed by atoms with Crippen molar-refractivity contribution in [3.8, 4) is 0 Å². The average Bonchev–Trinajstić information content (AvgIpc) is 2.71. The molecule has 0 aliphatic carbocycles. The van der Waals surface area contributed by atoms with Crippen LogP contribution in [0.2, 0.25) is 5.02 Å². The molecule has 0 bridgehead atoms. The maximum Gasteiger partial charge on any atom is 0.129 e. The molecule has 4 heteroatoms. The monoisotopic (exact) mass is 242 g/mol. The van der Waals surface area contributed by atoms with Gasteiger partial charge in [0, 0.05) is 23.7 Å². The van der Waals surface area contributed by atoms with Crippen LogP contribution in [0.15, 0.2) is 18.2 Å². The number of likely N-dealkylation sites (tertiary alicyclic amines) is 1. The summed E-state index contributed by atoms with van der Waals surface area (Å²) in [4.78, 5) is 2.21. The van der Waals surface area contributed by atoms with E-state index in [1.165, 1.54) is 6.07 Å². The number of hydrogen-bond donors (Lipinski definition) is 1. The number of benzene rings is 1. The van der Waals surface area contributed by atoms with Gasteiger partial charge in [-0.25, -0.2) is 4.39 Å². The van der Waals surface area contributed by atoms with Crippen LogP contribution in [0.5, 0.6) is 0 Å². The first-order valence-corrected chi connectivity index (χ1v) is 5.94. The first kappa shape index (κ1) is 11.8. The quantitative estimate of drug-likeness (QED) is 0.881. The first-order valence-electron chi connectivity index (χ1n) is 5.56. The largest absolute Gasteiger partial charge is 0.330 e. The minimum absolute atomic E-state index is 0.219. The highest BCUT2D eigenvalue weighted by atomic mass is 35.5. The lowest BCUT2D eigenvalue weighted by atomic mass is 10.1. The van der Waals surface area contributed by atoms with E-state index in [4.69, 9.17) is 17.3 Å². The van der Waals surface area contributed by atoms with Crippen molar-refractivity contribution in [2.24, 2.45) is 11.7 Å². The zero-order valence-electron chi connectivity index (χ0n) is 9.13. The molecule has 1 aromatic rings. The van der Waals surface area contributed by atoms with E-state index in [1.807, 2.05) is 0 Å². The van der Waals surface area contributed by atoms with Gasteiger partial charge in [-0.1, -0.05) is 17.7 Å². The highest BCUT2D eigenvalue weighted by Crippen LogP contribution is 2.24. The lowest BCUT2D eigenvalue weighted by Crippen LogP contribution is -2.23.